The maximum absolute atomic E-state index is 11.2. The van der Waals surface area contributed by atoms with Crippen molar-refractivity contribution in [2.75, 3.05) is 6.61 Å². The first kappa shape index (κ1) is 17.5. The van der Waals surface area contributed by atoms with Gasteiger partial charge >= 0.3 is 0 Å². The first-order chi connectivity index (χ1) is 12.0. The van der Waals surface area contributed by atoms with Crippen LogP contribution in [-0.2, 0) is 6.54 Å². The summed E-state index contributed by atoms with van der Waals surface area (Å²) in [4.78, 5) is 11.2. The van der Waals surface area contributed by atoms with E-state index >= 15 is 0 Å². The molecule has 6 heteroatoms. The van der Waals surface area contributed by atoms with Gasteiger partial charge in [0.1, 0.15) is 5.75 Å². The fraction of sp³-hybridized carbons (Fsp3) is 0.263. The first-order valence-corrected chi connectivity index (χ1v) is 8.85. The van der Waals surface area contributed by atoms with Crippen molar-refractivity contribution in [3.63, 3.8) is 0 Å². The number of aryl methyl sites for hydroxylation is 3. The minimum Gasteiger partial charge on any atom is -0.493 e. The molecule has 0 aliphatic heterocycles. The highest BCUT2D eigenvalue weighted by Crippen LogP contribution is 2.41. The smallest absolute Gasteiger partial charge is 0.222 e. The normalized spacial score (nSPS) is 11.0. The predicted octanol–water partition coefficient (Wildman–Crippen LogP) is 5.59. The van der Waals surface area contributed by atoms with Gasteiger partial charge in [-0.2, -0.15) is 0 Å². The van der Waals surface area contributed by atoms with Crippen molar-refractivity contribution in [1.82, 2.24) is 4.57 Å². The summed E-state index contributed by atoms with van der Waals surface area (Å²) < 4.78 is 8.39. The van der Waals surface area contributed by atoms with Gasteiger partial charge in [0.15, 0.2) is 5.69 Å². The molecule has 1 aromatic heterocycles. The lowest BCUT2D eigenvalue weighted by Crippen LogP contribution is -2.05. The van der Waals surface area contributed by atoms with E-state index in [1.165, 1.54) is 0 Å². The summed E-state index contributed by atoms with van der Waals surface area (Å²) in [6, 6.07) is 11.6. The molecule has 5 nitrogen and oxygen atoms in total. The number of benzene rings is 2. The molecule has 0 aliphatic rings. The maximum atomic E-state index is 11.2. The van der Waals surface area contributed by atoms with Gasteiger partial charge in [-0.3, -0.25) is 0 Å². The third-order valence-electron chi connectivity index (χ3n) is 4.23. The first-order valence-electron chi connectivity index (χ1n) is 8.06. The molecule has 0 saturated heterocycles. The summed E-state index contributed by atoms with van der Waals surface area (Å²) >= 11 is 3.42. The molecule has 0 amide bonds. The van der Waals surface area contributed by atoms with E-state index in [0.717, 1.165) is 26.9 Å². The van der Waals surface area contributed by atoms with E-state index < -0.39 is 0 Å². The molecule has 0 radical (unpaired) electrons. The largest absolute Gasteiger partial charge is 0.493 e. The number of fused-ring (bicyclic) bond motifs is 1. The Hall–Kier alpha value is -2.34. The van der Waals surface area contributed by atoms with Gasteiger partial charge in [0.2, 0.25) is 5.88 Å². The molecule has 2 aromatic carbocycles. The molecular weight excluding hydrogens is 384 g/mol. The topological polar surface area (TPSA) is 63.8 Å². The predicted molar refractivity (Wildman–Crippen MR) is 103 cm³/mol. The molecule has 1 N–H and O–H groups in total. The van der Waals surface area contributed by atoms with Gasteiger partial charge in [0.05, 0.1) is 12.1 Å². The van der Waals surface area contributed by atoms with Crippen LogP contribution in [0.2, 0.25) is 0 Å². The average molecular weight is 403 g/mol. The second-order valence-electron chi connectivity index (χ2n) is 6.00. The minimum absolute atomic E-state index is 0.0826. The van der Waals surface area contributed by atoms with Gasteiger partial charge in [0.25, 0.3) is 0 Å². The van der Waals surface area contributed by atoms with Crippen LogP contribution in [0.15, 0.2) is 46.0 Å². The summed E-state index contributed by atoms with van der Waals surface area (Å²) in [6.07, 6.45) is 0.694. The number of hydrogen-bond acceptors (Lipinski definition) is 4. The zero-order valence-corrected chi connectivity index (χ0v) is 15.7. The average Bonchev–Trinajstić information content (AvgIpc) is 2.84. The van der Waals surface area contributed by atoms with Gasteiger partial charge in [-0.1, -0.05) is 34.1 Å². The van der Waals surface area contributed by atoms with Crippen LogP contribution in [0.3, 0.4) is 0 Å². The second kappa shape index (κ2) is 7.27. The van der Waals surface area contributed by atoms with E-state index in [1.807, 2.05) is 44.2 Å². The van der Waals surface area contributed by atoms with E-state index in [1.54, 1.807) is 10.6 Å². The summed E-state index contributed by atoms with van der Waals surface area (Å²) in [5.74, 6) is 0.765. The summed E-state index contributed by atoms with van der Waals surface area (Å²) in [5, 5.41) is 14.1. The second-order valence-corrected chi connectivity index (χ2v) is 6.92. The number of nitroso groups, excluding NO2 is 1. The number of rotatable bonds is 6. The SMILES string of the molecule is Cc1ccccc1OCCCn1c(O)c(N=O)c2cc(Br)cc(C)c21. The monoisotopic (exact) mass is 402 g/mol. The van der Waals surface area contributed by atoms with Crippen molar-refractivity contribution in [2.45, 2.75) is 26.8 Å². The third-order valence-corrected chi connectivity index (χ3v) is 4.68. The van der Waals surface area contributed by atoms with E-state index in [4.69, 9.17) is 4.74 Å². The van der Waals surface area contributed by atoms with Crippen LogP contribution in [0, 0.1) is 18.8 Å². The number of hydrogen-bond donors (Lipinski definition) is 1. The minimum atomic E-state index is -0.0953. The number of para-hydroxylation sites is 1. The van der Waals surface area contributed by atoms with Crippen molar-refractivity contribution in [3.05, 3.63) is 56.9 Å². The van der Waals surface area contributed by atoms with Gasteiger partial charge in [-0.25, -0.2) is 0 Å². The summed E-state index contributed by atoms with van der Waals surface area (Å²) in [6.45, 7) is 5.00. The number of ether oxygens (including phenoxy) is 1. The van der Waals surface area contributed by atoms with Crippen LogP contribution >= 0.6 is 15.9 Å². The van der Waals surface area contributed by atoms with Crippen LogP contribution in [0.25, 0.3) is 10.9 Å². The molecule has 0 spiro atoms. The number of nitrogens with zero attached hydrogens (tertiary/aromatic N) is 2. The zero-order chi connectivity index (χ0) is 18.0. The summed E-state index contributed by atoms with van der Waals surface area (Å²) in [7, 11) is 0. The molecule has 25 heavy (non-hydrogen) atoms. The van der Waals surface area contributed by atoms with Crippen molar-refractivity contribution in [1.29, 1.82) is 0 Å². The van der Waals surface area contributed by atoms with Crippen LogP contribution in [0.4, 0.5) is 5.69 Å². The highest BCUT2D eigenvalue weighted by molar-refractivity contribution is 9.10. The van der Waals surface area contributed by atoms with Crippen LogP contribution in [0.1, 0.15) is 17.5 Å². The fourth-order valence-corrected chi connectivity index (χ4v) is 3.63. The van der Waals surface area contributed by atoms with Crippen LogP contribution < -0.4 is 4.74 Å². The highest BCUT2D eigenvalue weighted by atomic mass is 79.9. The molecular formula is C19H19BrN2O3. The Morgan fingerprint density at radius 1 is 1.20 bits per heavy atom. The summed E-state index contributed by atoms with van der Waals surface area (Å²) in [5.41, 5.74) is 2.96. The van der Waals surface area contributed by atoms with Crippen molar-refractivity contribution >= 4 is 32.5 Å². The lowest BCUT2D eigenvalue weighted by Gasteiger charge is -2.11. The molecule has 0 fully saturated rings. The molecule has 3 rings (SSSR count). The number of aromatic nitrogens is 1. The van der Waals surface area contributed by atoms with Crippen molar-refractivity contribution < 1.29 is 9.84 Å². The molecule has 3 aromatic rings. The fourth-order valence-electron chi connectivity index (χ4n) is 3.06. The van der Waals surface area contributed by atoms with Gasteiger partial charge in [-0.05, 0) is 54.8 Å². The van der Waals surface area contributed by atoms with Crippen molar-refractivity contribution in [2.24, 2.45) is 5.18 Å². The van der Waals surface area contributed by atoms with E-state index in [-0.39, 0.29) is 11.6 Å². The van der Waals surface area contributed by atoms with Crippen LogP contribution in [-0.4, -0.2) is 16.3 Å². The maximum Gasteiger partial charge on any atom is 0.222 e. The Labute approximate surface area is 154 Å². The quantitative estimate of drug-likeness (QED) is 0.431. The Kier molecular flexibility index (Phi) is 5.08. The van der Waals surface area contributed by atoms with E-state index in [0.29, 0.717) is 25.0 Å². The molecule has 0 aliphatic carbocycles. The van der Waals surface area contributed by atoms with Crippen LogP contribution in [0.5, 0.6) is 11.6 Å². The molecule has 0 saturated carbocycles. The molecule has 130 valence electrons. The standard InChI is InChI=1S/C19H19BrN2O3/c1-12-6-3-4-7-16(12)25-9-5-8-22-18-13(2)10-14(20)11-15(18)17(21-24)19(22)23/h3-4,6-7,10-11,23H,5,8-9H2,1-2H3. The Balaban J connectivity index is 1.81. The lowest BCUT2D eigenvalue weighted by atomic mass is 10.1. The van der Waals surface area contributed by atoms with E-state index in [2.05, 4.69) is 21.1 Å². The van der Waals surface area contributed by atoms with Crippen molar-refractivity contribution in [3.8, 4) is 11.6 Å². The van der Waals surface area contributed by atoms with Gasteiger partial charge < -0.3 is 14.4 Å². The third kappa shape index (κ3) is 3.39. The highest BCUT2D eigenvalue weighted by Gasteiger charge is 2.19. The Morgan fingerprint density at radius 2 is 1.96 bits per heavy atom. The zero-order valence-electron chi connectivity index (χ0n) is 14.1. The molecule has 0 bridgehead atoms. The number of aromatic hydroxyl groups is 1. The van der Waals surface area contributed by atoms with E-state index in [9.17, 15) is 10.0 Å². The number of halogens is 1. The Morgan fingerprint density at radius 3 is 2.68 bits per heavy atom. The van der Waals surface area contributed by atoms with Gasteiger partial charge in [0, 0.05) is 16.4 Å². The molecule has 0 unspecified atom stereocenters. The molecule has 0 atom stereocenters. The lowest BCUT2D eigenvalue weighted by molar-refractivity contribution is 0.296. The molecule has 1 heterocycles. The van der Waals surface area contributed by atoms with Gasteiger partial charge in [-0.15, -0.1) is 4.91 Å². The Bertz CT molecular complexity index is 934.